The molecule has 1 aliphatic carbocycles. The lowest BCUT2D eigenvalue weighted by molar-refractivity contribution is -0.119. The van der Waals surface area contributed by atoms with Crippen LogP contribution in [0.3, 0.4) is 0 Å². The van der Waals surface area contributed by atoms with E-state index in [0.717, 1.165) is 6.07 Å². The summed E-state index contributed by atoms with van der Waals surface area (Å²) in [6.07, 6.45) is 1.22. The third-order valence-corrected chi connectivity index (χ3v) is 3.32. The predicted molar refractivity (Wildman–Crippen MR) is 53.0 cm³/mol. The summed E-state index contributed by atoms with van der Waals surface area (Å²) in [7, 11) is 0. The standard InChI is InChI=1S/C11H9ClF2O/c1-6(15)11(4-5-11)7-2-3-8(13)9(12)10(7)14/h2-3H,4-5H2,1H3. The smallest absolute Gasteiger partial charge is 0.148 e. The summed E-state index contributed by atoms with van der Waals surface area (Å²) in [5.74, 6) is -1.69. The molecule has 2 rings (SSSR count). The van der Waals surface area contributed by atoms with Crippen LogP contribution in [0, 0.1) is 11.6 Å². The van der Waals surface area contributed by atoms with Crippen LogP contribution in [0.4, 0.5) is 8.78 Å². The molecule has 15 heavy (non-hydrogen) atoms. The first kappa shape index (κ1) is 10.6. The Morgan fingerprint density at radius 2 is 2.00 bits per heavy atom. The zero-order valence-corrected chi connectivity index (χ0v) is 8.87. The summed E-state index contributed by atoms with van der Waals surface area (Å²) in [4.78, 5) is 11.4. The number of rotatable bonds is 2. The number of halogens is 3. The monoisotopic (exact) mass is 230 g/mol. The van der Waals surface area contributed by atoms with Gasteiger partial charge in [-0.05, 0) is 25.8 Å². The Morgan fingerprint density at radius 3 is 2.47 bits per heavy atom. The number of Topliss-reactive ketones (excluding diaryl/α,β-unsaturated/α-hetero) is 1. The van der Waals surface area contributed by atoms with Gasteiger partial charge in [-0.1, -0.05) is 17.7 Å². The van der Waals surface area contributed by atoms with Crippen LogP contribution in [-0.4, -0.2) is 5.78 Å². The van der Waals surface area contributed by atoms with Gasteiger partial charge < -0.3 is 0 Å². The van der Waals surface area contributed by atoms with Gasteiger partial charge in [0.05, 0.1) is 5.41 Å². The molecular formula is C11H9ClF2O. The number of carbonyl (C=O) groups is 1. The van der Waals surface area contributed by atoms with E-state index in [-0.39, 0.29) is 11.3 Å². The van der Waals surface area contributed by atoms with Crippen molar-refractivity contribution in [2.75, 3.05) is 0 Å². The van der Waals surface area contributed by atoms with Crippen LogP contribution in [0.15, 0.2) is 12.1 Å². The molecule has 1 saturated carbocycles. The Balaban J connectivity index is 2.55. The molecule has 0 radical (unpaired) electrons. The maximum atomic E-state index is 13.6. The maximum Gasteiger partial charge on any atom is 0.148 e. The molecule has 4 heteroatoms. The minimum atomic E-state index is -0.802. The minimum absolute atomic E-state index is 0.0934. The minimum Gasteiger partial charge on any atom is -0.299 e. The Hall–Kier alpha value is -0.960. The van der Waals surface area contributed by atoms with E-state index in [9.17, 15) is 13.6 Å². The van der Waals surface area contributed by atoms with Gasteiger partial charge in [0, 0.05) is 5.56 Å². The van der Waals surface area contributed by atoms with E-state index in [2.05, 4.69) is 0 Å². The highest BCUT2D eigenvalue weighted by Crippen LogP contribution is 2.50. The number of hydrogen-bond acceptors (Lipinski definition) is 1. The SMILES string of the molecule is CC(=O)C1(c2ccc(F)c(Cl)c2F)CC1. The van der Waals surface area contributed by atoms with Crippen LogP contribution < -0.4 is 0 Å². The van der Waals surface area contributed by atoms with E-state index in [1.807, 2.05) is 0 Å². The van der Waals surface area contributed by atoms with Crippen molar-refractivity contribution in [2.24, 2.45) is 0 Å². The van der Waals surface area contributed by atoms with Crippen molar-refractivity contribution < 1.29 is 13.6 Å². The zero-order valence-electron chi connectivity index (χ0n) is 8.11. The van der Waals surface area contributed by atoms with E-state index in [1.165, 1.54) is 13.0 Å². The number of hydrogen-bond donors (Lipinski definition) is 0. The van der Waals surface area contributed by atoms with E-state index >= 15 is 0 Å². The van der Waals surface area contributed by atoms with E-state index in [4.69, 9.17) is 11.6 Å². The van der Waals surface area contributed by atoms with Gasteiger partial charge in [-0.25, -0.2) is 8.78 Å². The molecule has 0 amide bonds. The molecule has 0 N–H and O–H groups in total. The van der Waals surface area contributed by atoms with Crippen molar-refractivity contribution in [1.29, 1.82) is 0 Å². The molecule has 0 saturated heterocycles. The van der Waals surface area contributed by atoms with Crippen molar-refractivity contribution in [1.82, 2.24) is 0 Å². The molecule has 80 valence electrons. The van der Waals surface area contributed by atoms with Gasteiger partial charge in [-0.3, -0.25) is 4.79 Å². The first-order valence-corrected chi connectivity index (χ1v) is 5.02. The largest absolute Gasteiger partial charge is 0.299 e. The second kappa shape index (κ2) is 3.27. The van der Waals surface area contributed by atoms with Crippen LogP contribution in [0.1, 0.15) is 25.3 Å². The maximum absolute atomic E-state index is 13.6. The molecule has 1 aliphatic rings. The Morgan fingerprint density at radius 1 is 1.40 bits per heavy atom. The lowest BCUT2D eigenvalue weighted by Crippen LogP contribution is -2.19. The molecule has 0 atom stereocenters. The molecule has 0 bridgehead atoms. The topological polar surface area (TPSA) is 17.1 Å². The predicted octanol–water partition coefficient (Wildman–Crippen LogP) is 3.24. The normalized spacial score (nSPS) is 17.6. The molecular weight excluding hydrogens is 222 g/mol. The van der Waals surface area contributed by atoms with Gasteiger partial charge in [0.1, 0.15) is 22.4 Å². The molecule has 0 aliphatic heterocycles. The second-order valence-electron chi connectivity index (χ2n) is 3.86. The summed E-state index contributed by atoms with van der Waals surface area (Å²) < 4.78 is 26.5. The average Bonchev–Trinajstić information content (AvgIpc) is 2.95. The fraction of sp³-hybridized carbons (Fsp3) is 0.364. The van der Waals surface area contributed by atoms with Crippen molar-refractivity contribution in [3.05, 3.63) is 34.4 Å². The van der Waals surface area contributed by atoms with Gasteiger partial charge in [-0.2, -0.15) is 0 Å². The van der Waals surface area contributed by atoms with Gasteiger partial charge in [0.25, 0.3) is 0 Å². The van der Waals surface area contributed by atoms with E-state index < -0.39 is 22.1 Å². The third kappa shape index (κ3) is 1.46. The summed E-state index contributed by atoms with van der Waals surface area (Å²) >= 11 is 5.46. The molecule has 0 aromatic heterocycles. The fourth-order valence-corrected chi connectivity index (χ4v) is 2.00. The van der Waals surface area contributed by atoms with Gasteiger partial charge >= 0.3 is 0 Å². The van der Waals surface area contributed by atoms with Gasteiger partial charge in [0.2, 0.25) is 0 Å². The Labute approximate surface area is 91.0 Å². The first-order chi connectivity index (χ1) is 6.99. The lowest BCUT2D eigenvalue weighted by Gasteiger charge is -2.13. The molecule has 1 aromatic carbocycles. The van der Waals surface area contributed by atoms with Crippen molar-refractivity contribution in [3.8, 4) is 0 Å². The van der Waals surface area contributed by atoms with Gasteiger partial charge in [0.15, 0.2) is 0 Å². The molecule has 0 heterocycles. The summed E-state index contributed by atoms with van der Waals surface area (Å²) in [6.45, 7) is 1.42. The molecule has 0 unspecified atom stereocenters. The lowest BCUT2D eigenvalue weighted by atomic mass is 9.91. The fourth-order valence-electron chi connectivity index (χ4n) is 1.83. The highest BCUT2D eigenvalue weighted by molar-refractivity contribution is 6.31. The van der Waals surface area contributed by atoms with Crippen LogP contribution in [0.5, 0.6) is 0 Å². The molecule has 1 aromatic rings. The highest BCUT2D eigenvalue weighted by atomic mass is 35.5. The average molecular weight is 231 g/mol. The van der Waals surface area contributed by atoms with Crippen LogP contribution in [0.2, 0.25) is 5.02 Å². The molecule has 1 fully saturated rings. The third-order valence-electron chi connectivity index (χ3n) is 2.97. The Bertz CT molecular complexity index is 438. The highest BCUT2D eigenvalue weighted by Gasteiger charge is 2.50. The van der Waals surface area contributed by atoms with Crippen LogP contribution in [-0.2, 0) is 10.2 Å². The molecule has 1 nitrogen and oxygen atoms in total. The van der Waals surface area contributed by atoms with Crippen molar-refractivity contribution in [2.45, 2.75) is 25.2 Å². The summed E-state index contributed by atoms with van der Waals surface area (Å²) in [6, 6.07) is 2.41. The van der Waals surface area contributed by atoms with Gasteiger partial charge in [-0.15, -0.1) is 0 Å². The van der Waals surface area contributed by atoms with E-state index in [0.29, 0.717) is 12.8 Å². The van der Waals surface area contributed by atoms with Crippen molar-refractivity contribution >= 4 is 17.4 Å². The first-order valence-electron chi connectivity index (χ1n) is 4.64. The van der Waals surface area contributed by atoms with Crippen LogP contribution >= 0.6 is 11.6 Å². The molecule has 0 spiro atoms. The summed E-state index contributed by atoms with van der Waals surface area (Å²) in [5, 5.41) is -0.528. The quantitative estimate of drug-likeness (QED) is 0.713. The Kier molecular flexibility index (Phi) is 2.30. The second-order valence-corrected chi connectivity index (χ2v) is 4.24. The number of carbonyl (C=O) groups excluding carboxylic acids is 1. The number of benzene rings is 1. The summed E-state index contributed by atoms with van der Waals surface area (Å²) in [5.41, 5.74) is -0.525. The number of ketones is 1. The van der Waals surface area contributed by atoms with Crippen molar-refractivity contribution in [3.63, 3.8) is 0 Å². The van der Waals surface area contributed by atoms with Crippen LogP contribution in [0.25, 0.3) is 0 Å². The zero-order chi connectivity index (χ0) is 11.2. The van der Waals surface area contributed by atoms with E-state index in [1.54, 1.807) is 0 Å².